The third kappa shape index (κ3) is 5.79. The maximum absolute atomic E-state index is 12.4. The molecule has 0 saturated carbocycles. The molecule has 0 fully saturated rings. The number of ether oxygens (including phenoxy) is 3. The van der Waals surface area contributed by atoms with Gasteiger partial charge in [-0.25, -0.2) is 9.78 Å². The average molecular weight is 481 g/mol. The van der Waals surface area contributed by atoms with Crippen LogP contribution < -0.4 is 19.6 Å². The zero-order chi connectivity index (χ0) is 22.4. The molecular formula is C21H16Cl3N3O4. The van der Waals surface area contributed by atoms with Crippen molar-refractivity contribution in [3.63, 3.8) is 0 Å². The van der Waals surface area contributed by atoms with Gasteiger partial charge >= 0.3 is 5.97 Å². The molecule has 3 rings (SSSR count). The van der Waals surface area contributed by atoms with Crippen molar-refractivity contribution in [1.82, 2.24) is 4.98 Å². The number of nitrogens with zero attached hydrogens (tertiary/aromatic N) is 2. The molecule has 10 heteroatoms. The highest BCUT2D eigenvalue weighted by Gasteiger charge is 2.13. The summed E-state index contributed by atoms with van der Waals surface area (Å²) in [4.78, 5) is 16.4. The molecule has 1 N–H and O–H groups in total. The number of hydrogen-bond acceptors (Lipinski definition) is 7. The van der Waals surface area contributed by atoms with Crippen molar-refractivity contribution >= 4 is 52.8 Å². The molecule has 0 bridgehead atoms. The minimum atomic E-state index is -0.524. The fourth-order valence-corrected chi connectivity index (χ4v) is 2.97. The van der Waals surface area contributed by atoms with Gasteiger partial charge in [-0.2, -0.15) is 5.10 Å². The van der Waals surface area contributed by atoms with Gasteiger partial charge in [-0.1, -0.05) is 34.8 Å². The minimum Gasteiger partial charge on any atom is -0.497 e. The Labute approximate surface area is 193 Å². The van der Waals surface area contributed by atoms with Gasteiger partial charge in [0, 0.05) is 0 Å². The van der Waals surface area contributed by atoms with Gasteiger partial charge in [-0.05, 0) is 54.1 Å². The van der Waals surface area contributed by atoms with E-state index in [1.807, 2.05) is 0 Å². The van der Waals surface area contributed by atoms with Crippen molar-refractivity contribution in [3.8, 4) is 17.2 Å². The number of benzene rings is 2. The zero-order valence-electron chi connectivity index (χ0n) is 16.4. The molecule has 0 amide bonds. The number of methoxy groups -OCH3 is 2. The van der Waals surface area contributed by atoms with E-state index in [1.54, 1.807) is 49.6 Å². The molecule has 7 nitrogen and oxygen atoms in total. The van der Waals surface area contributed by atoms with Gasteiger partial charge in [0.1, 0.15) is 10.9 Å². The van der Waals surface area contributed by atoms with Crippen LogP contribution in [0.1, 0.15) is 15.9 Å². The normalized spacial score (nSPS) is 10.7. The van der Waals surface area contributed by atoms with Crippen molar-refractivity contribution in [1.29, 1.82) is 0 Å². The van der Waals surface area contributed by atoms with Crippen molar-refractivity contribution in [2.75, 3.05) is 19.6 Å². The van der Waals surface area contributed by atoms with Crippen LogP contribution in [0.2, 0.25) is 15.2 Å². The van der Waals surface area contributed by atoms with Crippen molar-refractivity contribution < 1.29 is 19.0 Å². The molecule has 2 aromatic carbocycles. The van der Waals surface area contributed by atoms with Crippen LogP contribution in [0, 0.1) is 0 Å². The van der Waals surface area contributed by atoms with Crippen LogP contribution in [0.15, 0.2) is 53.6 Å². The SMILES string of the molecule is COc1ccc(C(=O)Oc2ccc(C=NNc3nc(Cl)c(Cl)cc3Cl)cc2OC)cc1. The molecule has 0 spiro atoms. The highest BCUT2D eigenvalue weighted by atomic mass is 35.5. The second kappa shape index (κ2) is 10.3. The Morgan fingerprint density at radius 1 is 0.968 bits per heavy atom. The van der Waals surface area contributed by atoms with Gasteiger partial charge in [0.2, 0.25) is 0 Å². The van der Waals surface area contributed by atoms with E-state index in [4.69, 9.17) is 49.0 Å². The van der Waals surface area contributed by atoms with E-state index in [1.165, 1.54) is 19.4 Å². The number of hydrazone groups is 1. The van der Waals surface area contributed by atoms with Crippen LogP contribution >= 0.6 is 34.8 Å². The van der Waals surface area contributed by atoms with Gasteiger partial charge in [0.15, 0.2) is 17.3 Å². The number of esters is 1. The fraction of sp³-hybridized carbons (Fsp3) is 0.0952. The van der Waals surface area contributed by atoms with Gasteiger partial charge in [-0.3, -0.25) is 5.43 Å². The van der Waals surface area contributed by atoms with Crippen molar-refractivity contribution in [2.45, 2.75) is 0 Å². The smallest absolute Gasteiger partial charge is 0.343 e. The first-order valence-corrected chi connectivity index (χ1v) is 9.89. The Balaban J connectivity index is 1.71. The summed E-state index contributed by atoms with van der Waals surface area (Å²) >= 11 is 17.8. The van der Waals surface area contributed by atoms with Gasteiger partial charge in [0.25, 0.3) is 0 Å². The Kier molecular flexibility index (Phi) is 7.57. The summed E-state index contributed by atoms with van der Waals surface area (Å²) in [6.45, 7) is 0. The molecule has 0 unspecified atom stereocenters. The summed E-state index contributed by atoms with van der Waals surface area (Å²) in [6.07, 6.45) is 1.51. The maximum Gasteiger partial charge on any atom is 0.343 e. The first-order valence-electron chi connectivity index (χ1n) is 8.76. The molecule has 0 aliphatic carbocycles. The summed E-state index contributed by atoms with van der Waals surface area (Å²) in [6, 6.07) is 13.0. The zero-order valence-corrected chi connectivity index (χ0v) is 18.6. The van der Waals surface area contributed by atoms with Crippen LogP contribution in [0.5, 0.6) is 17.2 Å². The maximum atomic E-state index is 12.4. The Bertz CT molecular complexity index is 1120. The lowest BCUT2D eigenvalue weighted by Gasteiger charge is -2.10. The van der Waals surface area contributed by atoms with E-state index in [2.05, 4.69) is 15.5 Å². The Morgan fingerprint density at radius 2 is 1.71 bits per heavy atom. The number of rotatable bonds is 7. The lowest BCUT2D eigenvalue weighted by Crippen LogP contribution is -2.09. The number of halogens is 3. The third-order valence-corrected chi connectivity index (χ3v) is 4.95. The Hall–Kier alpha value is -3.00. The van der Waals surface area contributed by atoms with Crippen LogP contribution in [-0.2, 0) is 0 Å². The molecule has 1 aromatic heterocycles. The topological polar surface area (TPSA) is 82.0 Å². The summed E-state index contributed by atoms with van der Waals surface area (Å²) in [5.74, 6) is 0.997. The summed E-state index contributed by atoms with van der Waals surface area (Å²) < 4.78 is 15.9. The monoisotopic (exact) mass is 479 g/mol. The van der Waals surface area contributed by atoms with E-state index in [0.717, 1.165) is 0 Å². The predicted octanol–water partition coefficient (Wildman–Crippen LogP) is 5.72. The predicted molar refractivity (Wildman–Crippen MR) is 121 cm³/mol. The van der Waals surface area contributed by atoms with Gasteiger partial charge < -0.3 is 14.2 Å². The number of aromatic nitrogens is 1. The number of carbonyl (C=O) groups excluding carboxylic acids is 1. The largest absolute Gasteiger partial charge is 0.497 e. The van der Waals surface area contributed by atoms with Crippen LogP contribution in [0.4, 0.5) is 5.82 Å². The lowest BCUT2D eigenvalue weighted by atomic mass is 10.2. The standard InChI is InChI=1S/C21H16Cl3N3O4/c1-29-14-6-4-13(5-7-14)21(28)31-17-8-3-12(9-18(17)30-2)11-25-27-20-16(23)10-15(22)19(24)26-20/h3-11H,1-2H3,(H,26,27). The first-order chi connectivity index (χ1) is 14.9. The first kappa shape index (κ1) is 22.7. The second-order valence-corrected chi connectivity index (χ2v) is 7.16. The third-order valence-electron chi connectivity index (χ3n) is 3.99. The molecule has 0 aliphatic heterocycles. The molecule has 160 valence electrons. The summed E-state index contributed by atoms with van der Waals surface area (Å²) in [5, 5.41) is 4.69. The minimum absolute atomic E-state index is 0.105. The van der Waals surface area contributed by atoms with Crippen LogP contribution in [-0.4, -0.2) is 31.4 Å². The second-order valence-electron chi connectivity index (χ2n) is 5.99. The highest BCUT2D eigenvalue weighted by molar-refractivity contribution is 6.42. The van der Waals surface area contributed by atoms with Gasteiger partial charge in [0.05, 0.1) is 36.0 Å². The molecule has 3 aromatic rings. The lowest BCUT2D eigenvalue weighted by molar-refractivity contribution is 0.0729. The molecule has 0 atom stereocenters. The number of carbonyl (C=O) groups is 1. The number of anilines is 1. The van der Waals surface area contributed by atoms with E-state index < -0.39 is 5.97 Å². The molecule has 31 heavy (non-hydrogen) atoms. The molecule has 0 saturated heterocycles. The molecule has 0 radical (unpaired) electrons. The van der Waals surface area contributed by atoms with Gasteiger partial charge in [-0.15, -0.1) is 0 Å². The quantitative estimate of drug-likeness (QED) is 0.153. The molecule has 0 aliphatic rings. The number of hydrogen-bond donors (Lipinski definition) is 1. The average Bonchev–Trinajstić information content (AvgIpc) is 2.78. The van der Waals surface area contributed by atoms with E-state index >= 15 is 0 Å². The molecular weight excluding hydrogens is 465 g/mol. The van der Waals surface area contributed by atoms with E-state index in [-0.39, 0.29) is 26.8 Å². The Morgan fingerprint density at radius 3 is 2.39 bits per heavy atom. The van der Waals surface area contributed by atoms with Crippen LogP contribution in [0.25, 0.3) is 0 Å². The van der Waals surface area contributed by atoms with Crippen molar-refractivity contribution in [3.05, 3.63) is 74.9 Å². The summed E-state index contributed by atoms with van der Waals surface area (Å²) in [7, 11) is 3.02. The summed E-state index contributed by atoms with van der Waals surface area (Å²) in [5.41, 5.74) is 3.74. The van der Waals surface area contributed by atoms with E-state index in [0.29, 0.717) is 22.6 Å². The van der Waals surface area contributed by atoms with Crippen LogP contribution in [0.3, 0.4) is 0 Å². The number of pyridine rings is 1. The number of nitrogens with one attached hydrogen (secondary N) is 1. The fourth-order valence-electron chi connectivity index (χ4n) is 2.43. The van der Waals surface area contributed by atoms with Crippen molar-refractivity contribution in [2.24, 2.45) is 5.10 Å². The highest BCUT2D eigenvalue weighted by Crippen LogP contribution is 2.30. The molecule has 1 heterocycles. The van der Waals surface area contributed by atoms with E-state index in [9.17, 15) is 4.79 Å².